The first kappa shape index (κ1) is 5.30. The van der Waals surface area contributed by atoms with Gasteiger partial charge in [-0.3, -0.25) is 9.69 Å². The van der Waals surface area contributed by atoms with E-state index in [1.54, 1.807) is 0 Å². The topological polar surface area (TPSA) is 20.3 Å². The number of carbonyl (C=O) groups is 1. The molecule has 0 spiro atoms. The minimum absolute atomic E-state index is 0.365. The zero-order chi connectivity index (χ0) is 6.72. The van der Waals surface area contributed by atoms with Gasteiger partial charge in [0.1, 0.15) is 0 Å². The quantitative estimate of drug-likeness (QED) is 0.478. The number of carbonyl (C=O) groups excluding carboxylic acids is 1. The fourth-order valence-corrected chi connectivity index (χ4v) is 2.91. The van der Waals surface area contributed by atoms with Crippen molar-refractivity contribution in [2.75, 3.05) is 13.1 Å². The summed E-state index contributed by atoms with van der Waals surface area (Å²) in [4.78, 5) is 13.8. The van der Waals surface area contributed by atoms with E-state index in [4.69, 9.17) is 0 Å². The molecule has 1 aliphatic carbocycles. The first-order chi connectivity index (χ1) is 4.84. The van der Waals surface area contributed by atoms with Gasteiger partial charge in [0.2, 0.25) is 0 Å². The lowest BCUT2D eigenvalue weighted by Gasteiger charge is -2.22. The van der Waals surface area contributed by atoms with Crippen molar-refractivity contribution in [1.29, 1.82) is 0 Å². The second-order valence-corrected chi connectivity index (χ2v) is 3.91. The Kier molecular flexibility index (Phi) is 0.768. The van der Waals surface area contributed by atoms with Gasteiger partial charge in [-0.2, -0.15) is 0 Å². The third-order valence-electron chi connectivity index (χ3n) is 3.29. The number of hydrogen-bond acceptors (Lipinski definition) is 2. The highest BCUT2D eigenvalue weighted by atomic mass is 16.1. The van der Waals surface area contributed by atoms with Gasteiger partial charge in [-0.1, -0.05) is 0 Å². The van der Waals surface area contributed by atoms with Gasteiger partial charge < -0.3 is 0 Å². The van der Waals surface area contributed by atoms with E-state index in [0.717, 1.165) is 12.5 Å². The Morgan fingerprint density at radius 2 is 2.20 bits per heavy atom. The van der Waals surface area contributed by atoms with Crippen LogP contribution in [0.1, 0.15) is 12.8 Å². The average Bonchev–Trinajstić information content (AvgIpc) is 2.31. The molecular formula is C8H11NO. The van der Waals surface area contributed by atoms with Crippen molar-refractivity contribution in [1.82, 2.24) is 4.90 Å². The number of ketones is 1. The summed E-state index contributed by atoms with van der Waals surface area (Å²) in [6.45, 7) is 2.30. The number of Topliss-reactive ketones (excluding diaryl/α,β-unsaturated/α-hetero) is 1. The van der Waals surface area contributed by atoms with Gasteiger partial charge in [-0.05, 0) is 18.8 Å². The van der Waals surface area contributed by atoms with E-state index in [1.165, 1.54) is 19.4 Å². The molecule has 3 heterocycles. The molecule has 2 nitrogen and oxygen atoms in total. The van der Waals surface area contributed by atoms with Crippen molar-refractivity contribution < 1.29 is 4.79 Å². The maximum atomic E-state index is 11.4. The lowest BCUT2D eigenvalue weighted by molar-refractivity contribution is -0.123. The number of nitrogens with zero attached hydrogens (tertiary/aromatic N) is 1. The van der Waals surface area contributed by atoms with Crippen LogP contribution in [0.2, 0.25) is 0 Å². The third-order valence-corrected chi connectivity index (χ3v) is 3.29. The molecule has 0 aromatic carbocycles. The molecule has 4 rings (SSSR count). The molecule has 10 heavy (non-hydrogen) atoms. The van der Waals surface area contributed by atoms with Crippen LogP contribution in [0, 0.1) is 11.8 Å². The maximum absolute atomic E-state index is 11.4. The maximum Gasteiger partial charge on any atom is 0.154 e. The fourth-order valence-electron chi connectivity index (χ4n) is 2.91. The molecule has 1 saturated carbocycles. The molecule has 4 atom stereocenters. The Bertz CT molecular complexity index is 197. The summed E-state index contributed by atoms with van der Waals surface area (Å²) >= 11 is 0. The molecule has 3 saturated heterocycles. The molecule has 3 unspecified atom stereocenters. The Hall–Kier alpha value is -0.370. The average molecular weight is 137 g/mol. The van der Waals surface area contributed by atoms with Crippen LogP contribution in [0.15, 0.2) is 0 Å². The summed E-state index contributed by atoms with van der Waals surface area (Å²) in [5.74, 6) is 1.87. The van der Waals surface area contributed by atoms with Gasteiger partial charge in [0.15, 0.2) is 5.78 Å². The SMILES string of the molecule is O=C1C2C[C@@H]3CC1N(C2)C3. The zero-order valence-electron chi connectivity index (χ0n) is 5.92. The van der Waals surface area contributed by atoms with Crippen LogP contribution < -0.4 is 0 Å². The minimum atomic E-state index is 0.365. The van der Waals surface area contributed by atoms with Crippen molar-refractivity contribution in [2.24, 2.45) is 11.8 Å². The standard InChI is InChI=1S/C8H11NO/c10-8-6-1-5-2-7(8)9(3-5)4-6/h5-7H,1-4H2/t5-,6?,7?/m1/s1. The monoisotopic (exact) mass is 137 g/mol. The fraction of sp³-hybridized carbons (Fsp3) is 0.875. The van der Waals surface area contributed by atoms with Crippen LogP contribution in [-0.4, -0.2) is 29.8 Å². The second-order valence-electron chi connectivity index (χ2n) is 3.91. The molecule has 54 valence electrons. The molecule has 0 radical (unpaired) electrons. The largest absolute Gasteiger partial charge is 0.298 e. The van der Waals surface area contributed by atoms with Crippen LogP contribution in [0.25, 0.3) is 0 Å². The van der Waals surface area contributed by atoms with Gasteiger partial charge in [-0.25, -0.2) is 0 Å². The first-order valence-electron chi connectivity index (χ1n) is 4.12. The van der Waals surface area contributed by atoms with E-state index in [-0.39, 0.29) is 0 Å². The van der Waals surface area contributed by atoms with Crippen LogP contribution in [0.5, 0.6) is 0 Å². The van der Waals surface area contributed by atoms with Gasteiger partial charge in [0.05, 0.1) is 6.04 Å². The smallest absolute Gasteiger partial charge is 0.154 e. The Labute approximate surface area is 60.2 Å². The molecule has 2 heteroatoms. The number of rotatable bonds is 0. The third kappa shape index (κ3) is 0.439. The summed E-state index contributed by atoms with van der Waals surface area (Å²) in [6.07, 6.45) is 2.38. The summed E-state index contributed by atoms with van der Waals surface area (Å²) in [5, 5.41) is 0. The lowest BCUT2D eigenvalue weighted by Crippen LogP contribution is -2.27. The van der Waals surface area contributed by atoms with Gasteiger partial charge >= 0.3 is 0 Å². The van der Waals surface area contributed by atoms with E-state index in [9.17, 15) is 4.79 Å². The van der Waals surface area contributed by atoms with Crippen LogP contribution in [0.4, 0.5) is 0 Å². The molecule has 4 fully saturated rings. The van der Waals surface area contributed by atoms with Crippen molar-refractivity contribution in [2.45, 2.75) is 18.9 Å². The summed E-state index contributed by atoms with van der Waals surface area (Å²) in [7, 11) is 0. The normalized spacial score (nSPS) is 56.6. The van der Waals surface area contributed by atoms with E-state index >= 15 is 0 Å². The molecule has 0 amide bonds. The van der Waals surface area contributed by atoms with Gasteiger partial charge in [0.25, 0.3) is 0 Å². The van der Waals surface area contributed by atoms with Gasteiger partial charge in [0, 0.05) is 19.0 Å². The molecule has 4 bridgehead atoms. The van der Waals surface area contributed by atoms with Crippen LogP contribution in [-0.2, 0) is 4.79 Å². The lowest BCUT2D eigenvalue weighted by atomic mass is 9.82. The molecular weight excluding hydrogens is 126 g/mol. The highest BCUT2D eigenvalue weighted by Gasteiger charge is 2.51. The molecule has 3 aliphatic heterocycles. The highest BCUT2D eigenvalue weighted by molar-refractivity contribution is 5.90. The van der Waals surface area contributed by atoms with Crippen LogP contribution >= 0.6 is 0 Å². The summed E-state index contributed by atoms with van der Waals surface area (Å²) in [6, 6.07) is 0.365. The second kappa shape index (κ2) is 1.45. The van der Waals surface area contributed by atoms with Crippen molar-refractivity contribution in [3.63, 3.8) is 0 Å². The first-order valence-corrected chi connectivity index (χ1v) is 4.12. The Morgan fingerprint density at radius 3 is 2.90 bits per heavy atom. The van der Waals surface area contributed by atoms with Crippen LogP contribution in [0.3, 0.4) is 0 Å². The minimum Gasteiger partial charge on any atom is -0.298 e. The van der Waals surface area contributed by atoms with E-state index < -0.39 is 0 Å². The van der Waals surface area contributed by atoms with E-state index in [0.29, 0.717) is 17.7 Å². The predicted molar refractivity (Wildman–Crippen MR) is 36.6 cm³/mol. The molecule has 0 aromatic rings. The van der Waals surface area contributed by atoms with Crippen molar-refractivity contribution in [3.8, 4) is 0 Å². The molecule has 0 N–H and O–H groups in total. The number of hydrogen-bond donors (Lipinski definition) is 0. The zero-order valence-corrected chi connectivity index (χ0v) is 5.92. The molecule has 4 aliphatic rings. The summed E-state index contributed by atoms with van der Waals surface area (Å²) in [5.41, 5.74) is 0. The van der Waals surface area contributed by atoms with Crippen molar-refractivity contribution >= 4 is 5.78 Å². The number of piperidine rings is 1. The van der Waals surface area contributed by atoms with Gasteiger partial charge in [-0.15, -0.1) is 0 Å². The van der Waals surface area contributed by atoms with E-state index in [1.807, 2.05) is 0 Å². The predicted octanol–water partition coefficient (Wildman–Crippen LogP) is 0.280. The van der Waals surface area contributed by atoms with Crippen molar-refractivity contribution in [3.05, 3.63) is 0 Å². The summed E-state index contributed by atoms with van der Waals surface area (Å²) < 4.78 is 0. The van der Waals surface area contributed by atoms with E-state index in [2.05, 4.69) is 4.90 Å². The highest BCUT2D eigenvalue weighted by Crippen LogP contribution is 2.42. The Morgan fingerprint density at radius 1 is 1.30 bits per heavy atom. The molecule has 0 aromatic heterocycles. The Balaban J connectivity index is 2.06.